The molecule has 0 radical (unpaired) electrons. The number of carbonyl (C=O) groups is 1. The van der Waals surface area contributed by atoms with Gasteiger partial charge >= 0.3 is 6.18 Å². The van der Waals surface area contributed by atoms with E-state index < -0.39 is 30.5 Å². The summed E-state index contributed by atoms with van der Waals surface area (Å²) in [6.45, 7) is 0.416. The van der Waals surface area contributed by atoms with Gasteiger partial charge in [0.1, 0.15) is 12.4 Å². The van der Waals surface area contributed by atoms with Crippen LogP contribution in [0.2, 0.25) is 0 Å². The quantitative estimate of drug-likeness (QED) is 0.841. The summed E-state index contributed by atoms with van der Waals surface area (Å²) >= 11 is 0. The Hall–Kier alpha value is -1.83. The minimum atomic E-state index is -4.47. The van der Waals surface area contributed by atoms with Gasteiger partial charge in [-0.2, -0.15) is 13.2 Å². The third-order valence-electron chi connectivity index (χ3n) is 3.12. The molecule has 0 saturated heterocycles. The number of hydrogen-bond donors (Lipinski definition) is 2. The van der Waals surface area contributed by atoms with Gasteiger partial charge in [0.2, 0.25) is 0 Å². The van der Waals surface area contributed by atoms with E-state index in [0.29, 0.717) is 6.42 Å². The van der Waals surface area contributed by atoms with Crippen molar-refractivity contribution in [2.45, 2.75) is 25.6 Å². The fraction of sp³-hybridized carbons (Fsp3) is 0.462. The molecule has 1 heterocycles. The standard InChI is InChI=1S/C13H14F4N2O2/c1-2-3-19(6-13(15,16)17)10-5-9-7(4-8(10)14)11(20)12(21)18-9/h4-5,11,20H,2-3,6H2,1H3,(H,18,21). The van der Waals surface area contributed by atoms with Gasteiger partial charge in [-0.15, -0.1) is 0 Å². The van der Waals surface area contributed by atoms with E-state index in [1.165, 1.54) is 0 Å². The normalized spacial score (nSPS) is 17.6. The van der Waals surface area contributed by atoms with Crippen molar-refractivity contribution in [3.8, 4) is 0 Å². The Bertz CT molecular complexity index is 560. The van der Waals surface area contributed by atoms with E-state index in [2.05, 4.69) is 5.32 Å². The molecule has 0 saturated carbocycles. The van der Waals surface area contributed by atoms with Crippen molar-refractivity contribution in [2.75, 3.05) is 23.3 Å². The van der Waals surface area contributed by atoms with Crippen LogP contribution in [0.5, 0.6) is 0 Å². The predicted octanol–water partition coefficient (Wildman–Crippen LogP) is 2.59. The lowest BCUT2D eigenvalue weighted by Crippen LogP contribution is -2.35. The zero-order valence-corrected chi connectivity index (χ0v) is 11.2. The summed E-state index contributed by atoms with van der Waals surface area (Å²) in [7, 11) is 0. The molecule has 4 nitrogen and oxygen atoms in total. The molecule has 0 aromatic heterocycles. The number of aliphatic hydroxyl groups is 1. The molecule has 0 fully saturated rings. The van der Waals surface area contributed by atoms with E-state index in [1.807, 2.05) is 0 Å². The number of rotatable bonds is 4. The number of nitrogens with zero attached hydrogens (tertiary/aromatic N) is 1. The number of amides is 1. The number of hydrogen-bond acceptors (Lipinski definition) is 3. The summed E-state index contributed by atoms with van der Waals surface area (Å²) in [6, 6.07) is 2.02. The van der Waals surface area contributed by atoms with Crippen molar-refractivity contribution in [2.24, 2.45) is 0 Å². The molecule has 1 amide bonds. The van der Waals surface area contributed by atoms with Crippen molar-refractivity contribution < 1.29 is 27.5 Å². The molecule has 1 aliphatic heterocycles. The fourth-order valence-electron chi connectivity index (χ4n) is 2.27. The van der Waals surface area contributed by atoms with Crippen LogP contribution in [0.4, 0.5) is 28.9 Å². The van der Waals surface area contributed by atoms with Crippen LogP contribution < -0.4 is 10.2 Å². The van der Waals surface area contributed by atoms with Crippen LogP contribution >= 0.6 is 0 Å². The van der Waals surface area contributed by atoms with Crippen molar-refractivity contribution in [3.63, 3.8) is 0 Å². The highest BCUT2D eigenvalue weighted by Gasteiger charge is 2.34. The monoisotopic (exact) mass is 306 g/mol. The molecule has 0 spiro atoms. The molecule has 1 aromatic rings. The Kier molecular flexibility index (Phi) is 4.08. The first-order chi connectivity index (χ1) is 9.73. The largest absolute Gasteiger partial charge is 0.405 e. The Morgan fingerprint density at radius 3 is 2.62 bits per heavy atom. The third-order valence-corrected chi connectivity index (χ3v) is 3.12. The van der Waals surface area contributed by atoms with Gasteiger partial charge in [0.05, 0.1) is 5.69 Å². The summed E-state index contributed by atoms with van der Waals surface area (Å²) in [5.74, 6) is -1.62. The van der Waals surface area contributed by atoms with Gasteiger partial charge in [0.25, 0.3) is 5.91 Å². The highest BCUT2D eigenvalue weighted by molar-refractivity contribution is 6.02. The maximum Gasteiger partial charge on any atom is 0.405 e. The molecule has 1 aromatic carbocycles. The molecule has 1 aliphatic rings. The molecular formula is C13H14F4N2O2. The van der Waals surface area contributed by atoms with Crippen LogP contribution in [0.25, 0.3) is 0 Å². The van der Waals surface area contributed by atoms with Gasteiger partial charge in [0.15, 0.2) is 6.10 Å². The maximum atomic E-state index is 14.0. The highest BCUT2D eigenvalue weighted by Crippen LogP contribution is 2.36. The molecule has 21 heavy (non-hydrogen) atoms. The molecule has 1 atom stereocenters. The molecule has 2 rings (SSSR count). The molecule has 0 bridgehead atoms. The van der Waals surface area contributed by atoms with Crippen LogP contribution in [0.3, 0.4) is 0 Å². The first-order valence-corrected chi connectivity index (χ1v) is 6.37. The Labute approximate surface area is 118 Å². The number of carbonyl (C=O) groups excluding carboxylic acids is 1. The zero-order chi connectivity index (χ0) is 15.8. The number of alkyl halides is 3. The minimum absolute atomic E-state index is 0.0196. The number of benzene rings is 1. The summed E-state index contributed by atoms with van der Waals surface area (Å²) in [4.78, 5) is 12.2. The maximum absolute atomic E-state index is 14.0. The second-order valence-electron chi connectivity index (χ2n) is 4.82. The summed E-state index contributed by atoms with van der Waals surface area (Å²) in [5, 5.41) is 11.8. The lowest BCUT2D eigenvalue weighted by Gasteiger charge is -2.26. The average Bonchev–Trinajstić information content (AvgIpc) is 2.63. The van der Waals surface area contributed by atoms with Crippen molar-refractivity contribution in [3.05, 3.63) is 23.5 Å². The number of anilines is 2. The molecule has 116 valence electrons. The van der Waals surface area contributed by atoms with Gasteiger partial charge in [-0.3, -0.25) is 4.79 Å². The van der Waals surface area contributed by atoms with Gasteiger partial charge in [-0.25, -0.2) is 4.39 Å². The summed E-state index contributed by atoms with van der Waals surface area (Å²) in [6.07, 6.45) is -5.56. The smallest absolute Gasteiger partial charge is 0.378 e. The average molecular weight is 306 g/mol. The number of halogens is 4. The molecule has 2 N–H and O–H groups in total. The number of aliphatic hydroxyl groups excluding tert-OH is 1. The third kappa shape index (κ3) is 3.26. The van der Waals surface area contributed by atoms with Crippen LogP contribution in [-0.4, -0.2) is 30.3 Å². The van der Waals surface area contributed by atoms with Crippen LogP contribution in [-0.2, 0) is 4.79 Å². The first-order valence-electron chi connectivity index (χ1n) is 6.37. The summed E-state index contributed by atoms with van der Waals surface area (Å²) < 4.78 is 51.7. The van der Waals surface area contributed by atoms with Gasteiger partial charge in [-0.1, -0.05) is 6.92 Å². The predicted molar refractivity (Wildman–Crippen MR) is 68.5 cm³/mol. The number of nitrogens with one attached hydrogen (secondary N) is 1. The Morgan fingerprint density at radius 2 is 2.05 bits per heavy atom. The number of fused-ring (bicyclic) bond motifs is 1. The zero-order valence-electron chi connectivity index (χ0n) is 11.2. The fourth-order valence-corrected chi connectivity index (χ4v) is 2.27. The van der Waals surface area contributed by atoms with E-state index >= 15 is 0 Å². The van der Waals surface area contributed by atoms with E-state index in [9.17, 15) is 27.5 Å². The second-order valence-corrected chi connectivity index (χ2v) is 4.82. The van der Waals surface area contributed by atoms with E-state index in [4.69, 9.17) is 0 Å². The van der Waals surface area contributed by atoms with E-state index in [1.54, 1.807) is 6.92 Å². The summed E-state index contributed by atoms with van der Waals surface area (Å²) in [5.41, 5.74) is -0.0841. The molecule has 1 unspecified atom stereocenters. The topological polar surface area (TPSA) is 52.6 Å². The van der Waals surface area contributed by atoms with Crippen LogP contribution in [0.1, 0.15) is 25.0 Å². The second kappa shape index (κ2) is 5.51. The van der Waals surface area contributed by atoms with Crippen molar-refractivity contribution in [1.82, 2.24) is 0 Å². The minimum Gasteiger partial charge on any atom is -0.378 e. The van der Waals surface area contributed by atoms with Gasteiger partial charge in [-0.05, 0) is 18.6 Å². The van der Waals surface area contributed by atoms with E-state index in [-0.39, 0.29) is 23.5 Å². The molecule has 0 aliphatic carbocycles. The first kappa shape index (κ1) is 15.6. The van der Waals surface area contributed by atoms with Crippen molar-refractivity contribution in [1.29, 1.82) is 0 Å². The molecule has 8 heteroatoms. The lowest BCUT2D eigenvalue weighted by molar-refractivity contribution is -0.123. The van der Waals surface area contributed by atoms with E-state index in [0.717, 1.165) is 17.0 Å². The van der Waals surface area contributed by atoms with Crippen molar-refractivity contribution >= 4 is 17.3 Å². The Morgan fingerprint density at radius 1 is 1.38 bits per heavy atom. The van der Waals surface area contributed by atoms with Crippen LogP contribution in [0.15, 0.2) is 12.1 Å². The highest BCUT2D eigenvalue weighted by atomic mass is 19.4. The van der Waals surface area contributed by atoms with Crippen LogP contribution in [0, 0.1) is 5.82 Å². The van der Waals surface area contributed by atoms with Gasteiger partial charge < -0.3 is 15.3 Å². The lowest BCUT2D eigenvalue weighted by atomic mass is 10.1. The van der Waals surface area contributed by atoms with Gasteiger partial charge in [0, 0.05) is 17.8 Å². The molecular weight excluding hydrogens is 292 g/mol. The SMILES string of the molecule is CCCN(CC(F)(F)F)c1cc2c(cc1F)C(O)C(=O)N2. The Balaban J connectivity index is 2.38.